The maximum atomic E-state index is 13.0. The van der Waals surface area contributed by atoms with Crippen LogP contribution >= 0.6 is 15.9 Å². The predicted octanol–water partition coefficient (Wildman–Crippen LogP) is 2.76. The third-order valence-electron chi connectivity index (χ3n) is 5.28. The zero-order valence-electron chi connectivity index (χ0n) is 16.6. The van der Waals surface area contributed by atoms with Gasteiger partial charge in [0.1, 0.15) is 16.7 Å². The Hall–Kier alpha value is -2.04. The molecule has 29 heavy (non-hydrogen) atoms. The molecule has 1 aromatic carbocycles. The highest BCUT2D eigenvalue weighted by Crippen LogP contribution is 2.30. The predicted molar refractivity (Wildman–Crippen MR) is 116 cm³/mol. The number of rotatable bonds is 4. The van der Waals surface area contributed by atoms with E-state index in [1.807, 2.05) is 19.2 Å². The van der Waals surface area contributed by atoms with Crippen LogP contribution in [0.3, 0.4) is 0 Å². The summed E-state index contributed by atoms with van der Waals surface area (Å²) in [4.78, 5) is 11.2. The van der Waals surface area contributed by atoms with Gasteiger partial charge in [-0.1, -0.05) is 26.0 Å². The van der Waals surface area contributed by atoms with E-state index < -0.39 is 10.0 Å². The summed E-state index contributed by atoms with van der Waals surface area (Å²) in [6, 6.07) is 7.20. The number of halogens is 1. The van der Waals surface area contributed by atoms with Crippen molar-refractivity contribution < 1.29 is 8.42 Å². The Morgan fingerprint density at radius 1 is 1.03 bits per heavy atom. The molecule has 0 aliphatic carbocycles. The minimum absolute atomic E-state index is 0.342. The van der Waals surface area contributed by atoms with E-state index in [-0.39, 0.29) is 0 Å². The van der Waals surface area contributed by atoms with Crippen LogP contribution in [0.5, 0.6) is 0 Å². The fraction of sp³-hybridized carbons (Fsp3) is 0.421. The second-order valence-corrected chi connectivity index (χ2v) is 10.1. The molecule has 3 heterocycles. The van der Waals surface area contributed by atoms with E-state index in [1.165, 1.54) is 6.33 Å². The number of aromatic nitrogens is 4. The van der Waals surface area contributed by atoms with Crippen molar-refractivity contribution in [1.29, 1.82) is 0 Å². The van der Waals surface area contributed by atoms with E-state index in [9.17, 15) is 8.42 Å². The Kier molecular flexibility index (Phi) is 5.34. The molecule has 8 nitrogen and oxygen atoms in total. The molecule has 154 valence electrons. The molecule has 0 radical (unpaired) electrons. The molecule has 0 atom stereocenters. The summed E-state index contributed by atoms with van der Waals surface area (Å²) in [7, 11) is -1.68. The van der Waals surface area contributed by atoms with Gasteiger partial charge in [-0.2, -0.15) is 9.40 Å². The number of piperazine rings is 1. The molecule has 0 bridgehead atoms. The first-order valence-corrected chi connectivity index (χ1v) is 11.7. The van der Waals surface area contributed by atoms with Crippen molar-refractivity contribution in [2.75, 3.05) is 31.1 Å². The number of hydrogen-bond acceptors (Lipinski definition) is 6. The number of hydrogen-bond donors (Lipinski definition) is 0. The monoisotopic (exact) mass is 478 g/mol. The molecule has 0 unspecified atom stereocenters. The minimum atomic E-state index is -3.51. The molecule has 2 aromatic heterocycles. The van der Waals surface area contributed by atoms with Crippen LogP contribution in [0.2, 0.25) is 0 Å². The summed E-state index contributed by atoms with van der Waals surface area (Å²) in [5.74, 6) is 1.14. The van der Waals surface area contributed by atoms with Gasteiger partial charge in [0.25, 0.3) is 0 Å². The van der Waals surface area contributed by atoms with Crippen LogP contribution < -0.4 is 4.90 Å². The summed E-state index contributed by atoms with van der Waals surface area (Å²) in [6.45, 7) is 6.09. The molecule has 0 saturated carbocycles. The Morgan fingerprint density at radius 2 is 1.69 bits per heavy atom. The van der Waals surface area contributed by atoms with Crippen LogP contribution in [0, 0.1) is 0 Å². The lowest BCUT2D eigenvalue weighted by molar-refractivity contribution is 0.384. The molecule has 3 aromatic rings. The normalized spacial score (nSPS) is 16.1. The first-order valence-electron chi connectivity index (χ1n) is 9.47. The minimum Gasteiger partial charge on any atom is -0.353 e. The number of anilines is 1. The zero-order chi connectivity index (χ0) is 20.8. The summed E-state index contributed by atoms with van der Waals surface area (Å²) in [5, 5.41) is 5.20. The van der Waals surface area contributed by atoms with Crippen molar-refractivity contribution in [3.05, 3.63) is 40.8 Å². The molecule has 0 N–H and O–H groups in total. The lowest BCUT2D eigenvalue weighted by Gasteiger charge is -2.34. The van der Waals surface area contributed by atoms with E-state index in [1.54, 1.807) is 21.1 Å². The average molecular weight is 479 g/mol. The molecule has 1 aliphatic heterocycles. The van der Waals surface area contributed by atoms with E-state index in [0.29, 0.717) is 41.6 Å². The first kappa shape index (κ1) is 20.2. The third-order valence-corrected chi connectivity index (χ3v) is 7.75. The first-order chi connectivity index (χ1) is 13.8. The van der Waals surface area contributed by atoms with Gasteiger partial charge < -0.3 is 4.90 Å². The lowest BCUT2D eigenvalue weighted by Crippen LogP contribution is -2.49. The van der Waals surface area contributed by atoms with E-state index >= 15 is 0 Å². The fourth-order valence-electron chi connectivity index (χ4n) is 3.58. The van der Waals surface area contributed by atoms with Gasteiger partial charge in [-0.05, 0) is 39.5 Å². The standard InChI is InChI=1S/C19H23BrN6O2S/c1-13(2)14-4-6-15(7-5-14)29(27,28)26-10-8-25(9-11-26)19-16-17(20)23-24(3)18(16)21-12-22-19/h4-7,12-13H,8-11H2,1-3H3. The molecule has 10 heteroatoms. The number of sulfonamides is 1. The molecule has 1 aliphatic rings. The second-order valence-electron chi connectivity index (χ2n) is 7.43. The maximum absolute atomic E-state index is 13.0. The van der Waals surface area contributed by atoms with Gasteiger partial charge >= 0.3 is 0 Å². The summed E-state index contributed by atoms with van der Waals surface area (Å²) >= 11 is 3.48. The summed E-state index contributed by atoms with van der Waals surface area (Å²) in [6.07, 6.45) is 1.52. The Labute approximate surface area is 178 Å². The van der Waals surface area contributed by atoms with Crippen LogP contribution in [0.4, 0.5) is 5.82 Å². The quantitative estimate of drug-likeness (QED) is 0.572. The van der Waals surface area contributed by atoms with Gasteiger partial charge in [0, 0.05) is 33.2 Å². The van der Waals surface area contributed by atoms with Crippen molar-refractivity contribution in [1.82, 2.24) is 24.1 Å². The highest BCUT2D eigenvalue weighted by molar-refractivity contribution is 9.10. The van der Waals surface area contributed by atoms with Crippen LogP contribution in [-0.2, 0) is 17.1 Å². The number of fused-ring (bicyclic) bond motifs is 1. The van der Waals surface area contributed by atoms with Gasteiger partial charge in [-0.25, -0.2) is 23.1 Å². The largest absolute Gasteiger partial charge is 0.353 e. The Morgan fingerprint density at radius 3 is 2.31 bits per heavy atom. The molecule has 4 rings (SSSR count). The second kappa shape index (κ2) is 7.66. The fourth-order valence-corrected chi connectivity index (χ4v) is 5.59. The number of aryl methyl sites for hydroxylation is 1. The lowest BCUT2D eigenvalue weighted by atomic mass is 10.0. The van der Waals surface area contributed by atoms with Crippen LogP contribution in [-0.4, -0.2) is 58.7 Å². The van der Waals surface area contributed by atoms with Crippen molar-refractivity contribution >= 4 is 42.8 Å². The summed E-state index contributed by atoms with van der Waals surface area (Å²) < 4.78 is 30.0. The number of nitrogens with zero attached hydrogens (tertiary/aromatic N) is 6. The Bertz CT molecular complexity index is 1140. The third kappa shape index (κ3) is 3.64. The zero-order valence-corrected chi connectivity index (χ0v) is 19.0. The van der Waals surface area contributed by atoms with Gasteiger partial charge in [-0.3, -0.25) is 0 Å². The van der Waals surface area contributed by atoms with E-state index in [0.717, 1.165) is 22.4 Å². The van der Waals surface area contributed by atoms with Gasteiger partial charge in [0.15, 0.2) is 5.65 Å². The Balaban J connectivity index is 1.54. The molecule has 1 fully saturated rings. The average Bonchev–Trinajstić information content (AvgIpc) is 3.02. The van der Waals surface area contributed by atoms with Crippen molar-refractivity contribution in [2.45, 2.75) is 24.7 Å². The van der Waals surface area contributed by atoms with Crippen molar-refractivity contribution in [3.63, 3.8) is 0 Å². The smallest absolute Gasteiger partial charge is 0.243 e. The topological polar surface area (TPSA) is 84.2 Å². The maximum Gasteiger partial charge on any atom is 0.243 e. The molecular weight excluding hydrogens is 456 g/mol. The molecular formula is C19H23BrN6O2S. The van der Waals surface area contributed by atoms with Gasteiger partial charge in [-0.15, -0.1) is 0 Å². The van der Waals surface area contributed by atoms with Crippen LogP contribution in [0.15, 0.2) is 40.1 Å². The number of benzene rings is 1. The van der Waals surface area contributed by atoms with E-state index in [2.05, 4.69) is 49.7 Å². The van der Waals surface area contributed by atoms with Gasteiger partial charge in [0.05, 0.1) is 10.3 Å². The molecule has 0 amide bonds. The molecule has 0 spiro atoms. The highest BCUT2D eigenvalue weighted by Gasteiger charge is 2.30. The molecule has 1 saturated heterocycles. The van der Waals surface area contributed by atoms with Gasteiger partial charge in [0.2, 0.25) is 10.0 Å². The van der Waals surface area contributed by atoms with E-state index in [4.69, 9.17) is 0 Å². The van der Waals surface area contributed by atoms with Crippen molar-refractivity contribution in [3.8, 4) is 0 Å². The van der Waals surface area contributed by atoms with Crippen molar-refractivity contribution in [2.24, 2.45) is 7.05 Å². The summed E-state index contributed by atoms with van der Waals surface area (Å²) in [5.41, 5.74) is 1.87. The van der Waals surface area contributed by atoms with Crippen LogP contribution in [0.1, 0.15) is 25.3 Å². The highest BCUT2D eigenvalue weighted by atomic mass is 79.9. The van der Waals surface area contributed by atoms with Crippen LogP contribution in [0.25, 0.3) is 11.0 Å². The SMILES string of the molecule is CC(C)c1ccc(S(=O)(=O)N2CCN(c3ncnc4c3c(Br)nn4C)CC2)cc1.